The fraction of sp³-hybridized carbons (Fsp3) is 0. The molecule has 0 aliphatic heterocycles. The average molecular weight is 220 g/mol. The van der Waals surface area contributed by atoms with Gasteiger partial charge in [-0.05, 0) is 12.1 Å². The molecule has 0 heterocycles. The highest BCUT2D eigenvalue weighted by atomic mass is 35.5. The molecule has 0 radical (unpaired) electrons. The Morgan fingerprint density at radius 3 is 2.36 bits per heavy atom. The van der Waals surface area contributed by atoms with Crippen molar-refractivity contribution in [1.29, 1.82) is 0 Å². The van der Waals surface area contributed by atoms with Crippen molar-refractivity contribution >= 4 is 23.3 Å². The monoisotopic (exact) mass is 219 g/mol. The van der Waals surface area contributed by atoms with Gasteiger partial charge in [0.1, 0.15) is 11.3 Å². The summed E-state index contributed by atoms with van der Waals surface area (Å²) >= 11 is 5.49. The third-order valence-electron chi connectivity index (χ3n) is 1.50. The lowest BCUT2D eigenvalue weighted by molar-refractivity contribution is 0.0279. The summed E-state index contributed by atoms with van der Waals surface area (Å²) in [6.45, 7) is 0. The van der Waals surface area contributed by atoms with E-state index in [2.05, 4.69) is 0 Å². The maximum atomic E-state index is 10.5. The van der Waals surface area contributed by atoms with E-state index in [1.54, 1.807) is 0 Å². The van der Waals surface area contributed by atoms with Crippen LogP contribution in [0.1, 0.15) is 10.4 Å². The van der Waals surface area contributed by atoms with Crippen molar-refractivity contribution in [3.05, 3.63) is 22.7 Å². The minimum Gasteiger partial charge on any atom is -0.505 e. The molecule has 6 nitrogen and oxygen atoms in total. The molecule has 76 valence electrons. The van der Waals surface area contributed by atoms with Crippen molar-refractivity contribution in [2.45, 2.75) is 0 Å². The van der Waals surface area contributed by atoms with Crippen LogP contribution < -0.4 is 5.23 Å². The van der Waals surface area contributed by atoms with E-state index in [4.69, 9.17) is 27.1 Å². The van der Waals surface area contributed by atoms with E-state index in [1.165, 1.54) is 0 Å². The molecule has 0 atom stereocenters. The molecule has 0 spiro atoms. The number of aromatic carboxylic acids is 1. The standard InChI is InChI=1S/C7H6ClNO5/c8-3-1-4(7(11)12)6(10)5(2-3)9(13)14/h1-2,10,13-14H,(H,11,12). The zero-order valence-electron chi connectivity index (χ0n) is 6.68. The summed E-state index contributed by atoms with van der Waals surface area (Å²) in [5, 5.41) is 34.6. The number of rotatable bonds is 2. The zero-order valence-corrected chi connectivity index (χ0v) is 7.43. The van der Waals surface area contributed by atoms with E-state index in [0.29, 0.717) is 0 Å². The Labute approximate surface area is 83.1 Å². The third-order valence-corrected chi connectivity index (χ3v) is 1.72. The van der Waals surface area contributed by atoms with Crippen molar-refractivity contribution in [3.8, 4) is 5.75 Å². The molecule has 7 heteroatoms. The van der Waals surface area contributed by atoms with Crippen LogP contribution in [-0.2, 0) is 0 Å². The molecular weight excluding hydrogens is 214 g/mol. The summed E-state index contributed by atoms with van der Waals surface area (Å²) in [7, 11) is 0. The quantitative estimate of drug-likeness (QED) is 0.560. The van der Waals surface area contributed by atoms with Gasteiger partial charge in [-0.25, -0.2) is 4.79 Å². The number of nitrogens with zero attached hydrogens (tertiary/aromatic N) is 1. The largest absolute Gasteiger partial charge is 0.505 e. The summed E-state index contributed by atoms with van der Waals surface area (Å²) in [5.41, 5.74) is -1.02. The Balaban J connectivity index is 3.40. The first-order chi connectivity index (χ1) is 6.43. The fourth-order valence-electron chi connectivity index (χ4n) is 0.900. The van der Waals surface area contributed by atoms with Crippen molar-refractivity contribution in [1.82, 2.24) is 0 Å². The lowest BCUT2D eigenvalue weighted by atomic mass is 10.2. The first-order valence-corrected chi connectivity index (χ1v) is 3.75. The predicted octanol–water partition coefficient (Wildman–Crippen LogP) is 1.33. The van der Waals surface area contributed by atoms with Crippen LogP contribution in [0.15, 0.2) is 12.1 Å². The smallest absolute Gasteiger partial charge is 0.339 e. The van der Waals surface area contributed by atoms with Gasteiger partial charge in [-0.3, -0.25) is 10.4 Å². The number of carbonyl (C=O) groups is 1. The van der Waals surface area contributed by atoms with Crippen molar-refractivity contribution in [3.63, 3.8) is 0 Å². The summed E-state index contributed by atoms with van der Waals surface area (Å²) < 4.78 is 0. The average Bonchev–Trinajstić information content (AvgIpc) is 2.07. The lowest BCUT2D eigenvalue weighted by Gasteiger charge is -2.11. The van der Waals surface area contributed by atoms with E-state index in [1.807, 2.05) is 0 Å². The summed E-state index contributed by atoms with van der Waals surface area (Å²) in [4.78, 5) is 10.5. The minimum atomic E-state index is -1.42. The van der Waals surface area contributed by atoms with Gasteiger partial charge in [0, 0.05) is 5.02 Å². The van der Waals surface area contributed by atoms with Crippen LogP contribution in [0, 0.1) is 0 Å². The number of aromatic hydroxyl groups is 1. The zero-order chi connectivity index (χ0) is 10.9. The van der Waals surface area contributed by atoms with Crippen molar-refractivity contribution in [2.75, 3.05) is 5.23 Å². The molecule has 0 amide bonds. The lowest BCUT2D eigenvalue weighted by Crippen LogP contribution is -2.12. The second-order valence-electron chi connectivity index (χ2n) is 2.42. The van der Waals surface area contributed by atoms with Gasteiger partial charge < -0.3 is 10.2 Å². The Morgan fingerprint density at radius 1 is 1.36 bits per heavy atom. The molecule has 0 aromatic heterocycles. The van der Waals surface area contributed by atoms with Gasteiger partial charge >= 0.3 is 5.97 Å². The molecule has 0 fully saturated rings. The van der Waals surface area contributed by atoms with Crippen LogP contribution in [0.2, 0.25) is 5.02 Å². The summed E-state index contributed by atoms with van der Waals surface area (Å²) in [6.07, 6.45) is 0. The highest BCUT2D eigenvalue weighted by molar-refractivity contribution is 6.31. The molecule has 14 heavy (non-hydrogen) atoms. The Bertz CT molecular complexity index is 379. The molecule has 0 aliphatic rings. The molecule has 0 aliphatic carbocycles. The van der Waals surface area contributed by atoms with Crippen LogP contribution in [-0.4, -0.2) is 26.6 Å². The first-order valence-electron chi connectivity index (χ1n) is 3.37. The second kappa shape index (κ2) is 3.70. The van der Waals surface area contributed by atoms with E-state index in [9.17, 15) is 9.90 Å². The van der Waals surface area contributed by atoms with Gasteiger partial charge in [0.2, 0.25) is 0 Å². The van der Waals surface area contributed by atoms with Gasteiger partial charge in [-0.2, -0.15) is 0 Å². The first kappa shape index (κ1) is 10.6. The normalized spacial score (nSPS) is 9.93. The number of anilines is 1. The Hall–Kier alpha value is -1.50. The highest BCUT2D eigenvalue weighted by Crippen LogP contribution is 2.32. The third kappa shape index (κ3) is 1.87. The number of hydrogen-bond donors (Lipinski definition) is 4. The number of hydrogen-bond acceptors (Lipinski definition) is 5. The maximum Gasteiger partial charge on any atom is 0.339 e. The molecule has 1 aromatic carbocycles. The molecule has 0 saturated heterocycles. The van der Waals surface area contributed by atoms with Gasteiger partial charge in [0.25, 0.3) is 0 Å². The van der Waals surface area contributed by atoms with Gasteiger partial charge in [0.15, 0.2) is 5.75 Å². The summed E-state index contributed by atoms with van der Waals surface area (Å²) in [6, 6.07) is 2.00. The topological polar surface area (TPSA) is 101 Å². The molecule has 0 unspecified atom stereocenters. The number of carboxylic acid groups (broad SMARTS) is 1. The Kier molecular flexibility index (Phi) is 2.80. The van der Waals surface area contributed by atoms with Crippen molar-refractivity contribution in [2.24, 2.45) is 0 Å². The van der Waals surface area contributed by atoms with Crippen LogP contribution in [0.4, 0.5) is 5.69 Å². The van der Waals surface area contributed by atoms with E-state index in [-0.39, 0.29) is 5.02 Å². The number of halogens is 1. The van der Waals surface area contributed by atoms with E-state index < -0.39 is 28.2 Å². The number of benzene rings is 1. The van der Waals surface area contributed by atoms with Crippen LogP contribution in [0.25, 0.3) is 0 Å². The molecule has 1 rings (SSSR count). The Morgan fingerprint density at radius 2 is 1.93 bits per heavy atom. The fourth-order valence-corrected chi connectivity index (χ4v) is 1.11. The molecule has 1 aromatic rings. The molecule has 0 bridgehead atoms. The van der Waals surface area contributed by atoms with Crippen LogP contribution >= 0.6 is 11.6 Å². The van der Waals surface area contributed by atoms with Crippen molar-refractivity contribution < 1.29 is 25.4 Å². The molecular formula is C7H6ClNO5. The molecule has 4 N–H and O–H groups in total. The molecule has 0 saturated carbocycles. The number of phenols is 1. The van der Waals surface area contributed by atoms with Crippen LogP contribution in [0.5, 0.6) is 5.75 Å². The number of carboxylic acids is 1. The van der Waals surface area contributed by atoms with Crippen LogP contribution in [0.3, 0.4) is 0 Å². The SMILES string of the molecule is O=C(O)c1cc(Cl)cc(N(O)O)c1O. The minimum absolute atomic E-state index is 0.0386. The second-order valence-corrected chi connectivity index (χ2v) is 2.85. The highest BCUT2D eigenvalue weighted by Gasteiger charge is 2.17. The van der Waals surface area contributed by atoms with E-state index in [0.717, 1.165) is 12.1 Å². The van der Waals surface area contributed by atoms with Gasteiger partial charge in [0.05, 0.1) is 0 Å². The maximum absolute atomic E-state index is 10.5. The van der Waals surface area contributed by atoms with E-state index >= 15 is 0 Å². The summed E-state index contributed by atoms with van der Waals surface area (Å²) in [5.74, 6) is -2.19. The van der Waals surface area contributed by atoms with Gasteiger partial charge in [-0.15, -0.1) is 5.23 Å². The van der Waals surface area contributed by atoms with Gasteiger partial charge in [-0.1, -0.05) is 11.6 Å². The predicted molar refractivity (Wildman–Crippen MR) is 46.1 cm³/mol.